The molecule has 0 aromatic carbocycles. The molecule has 2 aliphatic rings. The highest BCUT2D eigenvalue weighted by atomic mass is 16.5. The van der Waals surface area contributed by atoms with E-state index in [0.29, 0.717) is 0 Å². The molecule has 0 saturated carbocycles. The minimum absolute atomic E-state index is 0.401. The fraction of sp³-hybridized carbons (Fsp3) is 0.583. The van der Waals surface area contributed by atoms with Crippen molar-refractivity contribution >= 4 is 0 Å². The van der Waals surface area contributed by atoms with Gasteiger partial charge in [0.2, 0.25) is 0 Å². The predicted molar refractivity (Wildman–Crippen MR) is 59.9 cm³/mol. The number of hydrogen-bond acceptors (Lipinski definition) is 5. The third-order valence-electron chi connectivity index (χ3n) is 3.11. The Balaban J connectivity index is 2.16. The number of rotatable bonds is 2. The zero-order chi connectivity index (χ0) is 12.4. The smallest absolute Gasteiger partial charge is 0.113 e. The Bertz CT molecular complexity index is 323. The van der Waals surface area contributed by atoms with E-state index in [2.05, 4.69) is 0 Å². The van der Waals surface area contributed by atoms with Crippen molar-refractivity contribution in [3.05, 3.63) is 30.2 Å². The van der Waals surface area contributed by atoms with Crippen LogP contribution in [0.15, 0.2) is 23.8 Å². The van der Waals surface area contributed by atoms with Gasteiger partial charge in [0, 0.05) is 0 Å². The maximum atomic E-state index is 9.87. The lowest BCUT2D eigenvalue weighted by molar-refractivity contribution is -0.218. The van der Waals surface area contributed by atoms with Crippen molar-refractivity contribution in [1.29, 1.82) is 0 Å². The largest absolute Gasteiger partial charge is 0.394 e. The van der Waals surface area contributed by atoms with Crippen LogP contribution in [0.4, 0.5) is 0 Å². The van der Waals surface area contributed by atoms with Gasteiger partial charge in [-0.1, -0.05) is 18.2 Å². The first-order valence-corrected chi connectivity index (χ1v) is 5.65. The monoisotopic (exact) mass is 241 g/mol. The van der Waals surface area contributed by atoms with E-state index in [0.717, 1.165) is 12.0 Å². The van der Waals surface area contributed by atoms with E-state index in [1.807, 2.05) is 24.6 Å². The van der Waals surface area contributed by atoms with Crippen molar-refractivity contribution in [2.75, 3.05) is 6.61 Å². The maximum Gasteiger partial charge on any atom is 0.113 e. The van der Waals surface area contributed by atoms with Gasteiger partial charge in [-0.3, -0.25) is 0 Å². The molecule has 5 nitrogen and oxygen atoms in total. The highest BCUT2D eigenvalue weighted by Crippen LogP contribution is 2.27. The highest BCUT2D eigenvalue weighted by Gasteiger charge is 2.44. The molecular formula is C12H17O5. The second-order valence-corrected chi connectivity index (χ2v) is 4.29. The van der Waals surface area contributed by atoms with Crippen LogP contribution in [-0.4, -0.2) is 57.6 Å². The number of hydrogen-bond donors (Lipinski definition) is 4. The minimum Gasteiger partial charge on any atom is -0.394 e. The summed E-state index contributed by atoms with van der Waals surface area (Å²) in [6.07, 6.45) is 2.88. The van der Waals surface area contributed by atoms with E-state index in [4.69, 9.17) is 9.84 Å². The van der Waals surface area contributed by atoms with E-state index in [9.17, 15) is 15.3 Å². The van der Waals surface area contributed by atoms with Crippen molar-refractivity contribution in [1.82, 2.24) is 0 Å². The maximum absolute atomic E-state index is 9.87. The standard InChI is InChI=1S/C12H17O5/c13-6-8-9(14)10(15)11(16)12(17-8)7-4-2-1-3-5-7/h2-5,8-16H,1,6H2/t8-,9-,10+,11+,12-/m1/s1. The summed E-state index contributed by atoms with van der Waals surface area (Å²) >= 11 is 0. The second-order valence-electron chi connectivity index (χ2n) is 4.29. The zero-order valence-corrected chi connectivity index (χ0v) is 9.31. The quantitative estimate of drug-likeness (QED) is 0.494. The van der Waals surface area contributed by atoms with Crippen molar-refractivity contribution < 1.29 is 25.2 Å². The molecule has 4 N–H and O–H groups in total. The van der Waals surface area contributed by atoms with Crippen LogP contribution in [0.5, 0.6) is 0 Å². The van der Waals surface area contributed by atoms with Crippen LogP contribution in [0.1, 0.15) is 6.42 Å². The Morgan fingerprint density at radius 2 is 1.94 bits per heavy atom. The van der Waals surface area contributed by atoms with Crippen molar-refractivity contribution in [2.24, 2.45) is 0 Å². The molecular weight excluding hydrogens is 224 g/mol. The molecule has 0 spiro atoms. The van der Waals surface area contributed by atoms with E-state index < -0.39 is 37.1 Å². The van der Waals surface area contributed by atoms with Gasteiger partial charge in [0.15, 0.2) is 0 Å². The van der Waals surface area contributed by atoms with E-state index in [1.165, 1.54) is 0 Å². The Morgan fingerprint density at radius 3 is 2.53 bits per heavy atom. The van der Waals surface area contributed by atoms with Gasteiger partial charge in [-0.15, -0.1) is 0 Å². The summed E-state index contributed by atoms with van der Waals surface area (Å²) in [6, 6.07) is 0. The molecule has 1 fully saturated rings. The first-order valence-electron chi connectivity index (χ1n) is 5.65. The molecule has 1 aliphatic carbocycles. The van der Waals surface area contributed by atoms with Crippen LogP contribution >= 0.6 is 0 Å². The molecule has 0 unspecified atom stereocenters. The molecule has 5 atom stereocenters. The van der Waals surface area contributed by atoms with Crippen LogP contribution in [-0.2, 0) is 4.74 Å². The zero-order valence-electron chi connectivity index (χ0n) is 9.31. The van der Waals surface area contributed by atoms with Gasteiger partial charge in [0.1, 0.15) is 30.5 Å². The molecule has 0 aromatic heterocycles. The fourth-order valence-electron chi connectivity index (χ4n) is 2.11. The molecule has 0 bridgehead atoms. The van der Waals surface area contributed by atoms with Crippen LogP contribution in [0, 0.1) is 6.42 Å². The summed E-state index contributed by atoms with van der Waals surface area (Å²) in [4.78, 5) is 0. The van der Waals surface area contributed by atoms with Gasteiger partial charge in [0.05, 0.1) is 6.61 Å². The summed E-state index contributed by atoms with van der Waals surface area (Å²) < 4.78 is 5.42. The van der Waals surface area contributed by atoms with Crippen molar-refractivity contribution in [2.45, 2.75) is 36.9 Å². The lowest BCUT2D eigenvalue weighted by atomic mass is 9.89. The van der Waals surface area contributed by atoms with Gasteiger partial charge in [-0.05, 0) is 18.4 Å². The Labute approximate surface area is 99.7 Å². The van der Waals surface area contributed by atoms with Crippen molar-refractivity contribution in [3.63, 3.8) is 0 Å². The third kappa shape index (κ3) is 2.43. The van der Waals surface area contributed by atoms with E-state index in [-0.39, 0.29) is 0 Å². The van der Waals surface area contributed by atoms with Gasteiger partial charge < -0.3 is 25.2 Å². The van der Waals surface area contributed by atoms with Crippen molar-refractivity contribution in [3.8, 4) is 0 Å². The lowest BCUT2D eigenvalue weighted by Crippen LogP contribution is -2.58. The first kappa shape index (κ1) is 12.7. The molecule has 5 heteroatoms. The van der Waals surface area contributed by atoms with Gasteiger partial charge >= 0.3 is 0 Å². The SMILES string of the molecule is OC[C@H]1O[C@H](C2=C[CH]CC=C2)[C@@H](O)[C@@H](O)[C@@H]1O. The van der Waals surface area contributed by atoms with Gasteiger partial charge in [0.25, 0.3) is 0 Å². The Morgan fingerprint density at radius 1 is 1.18 bits per heavy atom. The van der Waals surface area contributed by atoms with Gasteiger partial charge in [-0.25, -0.2) is 0 Å². The molecule has 17 heavy (non-hydrogen) atoms. The summed E-state index contributed by atoms with van der Waals surface area (Å²) in [5.74, 6) is 0. The number of aliphatic hydroxyl groups is 4. The second kappa shape index (κ2) is 5.29. The molecule has 1 saturated heterocycles. The Kier molecular flexibility index (Phi) is 3.96. The molecule has 0 amide bonds. The minimum atomic E-state index is -1.32. The normalized spacial score (nSPS) is 42.4. The average Bonchev–Trinajstić information content (AvgIpc) is 2.37. The van der Waals surface area contributed by atoms with Crippen LogP contribution < -0.4 is 0 Å². The van der Waals surface area contributed by atoms with E-state index >= 15 is 0 Å². The summed E-state index contributed by atoms with van der Waals surface area (Å²) in [5.41, 5.74) is 0.730. The third-order valence-corrected chi connectivity index (χ3v) is 3.11. The molecule has 2 rings (SSSR count). The van der Waals surface area contributed by atoms with Gasteiger partial charge in [-0.2, -0.15) is 0 Å². The van der Waals surface area contributed by atoms with Crippen LogP contribution in [0.2, 0.25) is 0 Å². The summed E-state index contributed by atoms with van der Waals surface area (Å²) in [6.45, 7) is -0.401. The Hall–Kier alpha value is -0.720. The van der Waals surface area contributed by atoms with Crippen LogP contribution in [0.3, 0.4) is 0 Å². The number of allylic oxidation sites excluding steroid dienone is 2. The number of aliphatic hydroxyl groups excluding tert-OH is 4. The number of ether oxygens (including phenoxy) is 1. The molecule has 95 valence electrons. The summed E-state index contributed by atoms with van der Waals surface area (Å²) in [5, 5.41) is 38.2. The topological polar surface area (TPSA) is 90.2 Å². The molecule has 1 aliphatic heterocycles. The van der Waals surface area contributed by atoms with Crippen LogP contribution in [0.25, 0.3) is 0 Å². The highest BCUT2D eigenvalue weighted by molar-refractivity contribution is 5.32. The fourth-order valence-corrected chi connectivity index (χ4v) is 2.11. The van der Waals surface area contributed by atoms with E-state index in [1.54, 1.807) is 0 Å². The lowest BCUT2D eigenvalue weighted by Gasteiger charge is -2.40. The first-order chi connectivity index (χ1) is 8.15. The average molecular weight is 241 g/mol. The molecule has 0 aromatic rings. The molecule has 1 radical (unpaired) electrons. The summed E-state index contributed by atoms with van der Waals surface area (Å²) in [7, 11) is 0. The predicted octanol–water partition coefficient (Wildman–Crippen LogP) is -1.08. The molecule has 1 heterocycles.